The first-order chi connectivity index (χ1) is 22.4. The molecular formula is C30H35ClN4O12. The Morgan fingerprint density at radius 2 is 1.87 bits per heavy atom. The van der Waals surface area contributed by atoms with Crippen molar-refractivity contribution in [1.82, 2.24) is 15.3 Å². The lowest BCUT2D eigenvalue weighted by Crippen LogP contribution is -2.59. The van der Waals surface area contributed by atoms with Gasteiger partial charge in [0.05, 0.1) is 38.6 Å². The first-order valence-electron chi connectivity index (χ1n) is 14.2. The first-order valence-corrected chi connectivity index (χ1v) is 14.8. The molecule has 2 atom stereocenters. The maximum atomic E-state index is 13.0. The number of aryl methyl sites for hydroxylation is 2. The van der Waals surface area contributed by atoms with Crippen molar-refractivity contribution in [3.63, 3.8) is 0 Å². The Labute approximate surface area is 273 Å². The van der Waals surface area contributed by atoms with Crippen LogP contribution in [0.5, 0.6) is 17.2 Å². The molecule has 0 bridgehead atoms. The monoisotopic (exact) mass is 678 g/mol. The van der Waals surface area contributed by atoms with Gasteiger partial charge in [0.2, 0.25) is 11.6 Å². The van der Waals surface area contributed by atoms with Crippen molar-refractivity contribution >= 4 is 40.7 Å². The second-order valence-corrected chi connectivity index (χ2v) is 10.5. The number of H-pyrrole nitrogens is 1. The summed E-state index contributed by atoms with van der Waals surface area (Å²) in [5.74, 6) is -0.768. The second kappa shape index (κ2) is 16.6. The number of aromatic nitrogens is 2. The third-order valence-electron chi connectivity index (χ3n) is 6.84. The summed E-state index contributed by atoms with van der Waals surface area (Å²) >= 11 is 5.62. The number of nitrogens with zero attached hydrogens (tertiary/aromatic N) is 2. The number of methoxy groups -OCH3 is 2. The Morgan fingerprint density at radius 3 is 2.45 bits per heavy atom. The van der Waals surface area contributed by atoms with Crippen LogP contribution >= 0.6 is 11.6 Å². The average molecular weight is 679 g/mol. The smallest absolute Gasteiger partial charge is 0.360 e. The summed E-state index contributed by atoms with van der Waals surface area (Å²) in [5.41, 5.74) is -0.410. The summed E-state index contributed by atoms with van der Waals surface area (Å²) in [5, 5.41) is 11.8. The molecule has 0 saturated heterocycles. The highest BCUT2D eigenvalue weighted by molar-refractivity contribution is 6.18. The zero-order valence-corrected chi connectivity index (χ0v) is 27.1. The topological polar surface area (TPSA) is 208 Å². The summed E-state index contributed by atoms with van der Waals surface area (Å²) in [6.45, 7) is 3.73. The van der Waals surface area contributed by atoms with Crippen molar-refractivity contribution in [3.05, 3.63) is 55.9 Å². The fraction of sp³-hybridized carbons (Fsp3) is 0.433. The van der Waals surface area contributed by atoms with E-state index in [1.807, 2.05) is 0 Å². The van der Waals surface area contributed by atoms with Crippen LogP contribution in [0, 0.1) is 24.0 Å². The summed E-state index contributed by atoms with van der Waals surface area (Å²) in [6.07, 6.45) is -0.717. The normalized spacial score (nSPS) is 12.8. The van der Waals surface area contributed by atoms with E-state index in [2.05, 4.69) is 20.1 Å². The van der Waals surface area contributed by atoms with Gasteiger partial charge in [0.1, 0.15) is 47.5 Å². The number of aromatic amines is 1. The SMILES string of the molecule is CCC(COC(CC=O)(NC(=O)CO[N+](=O)[O-])C(=O)OCCCl)Oc1c(C)cc(-c2nc3cc(OC)cc(OC)c3c(=O)[nH]2)cc1C. The first kappa shape index (κ1) is 36.5. The van der Waals surface area contributed by atoms with E-state index < -0.39 is 47.4 Å². The van der Waals surface area contributed by atoms with Gasteiger partial charge >= 0.3 is 5.97 Å². The molecule has 0 fully saturated rings. The summed E-state index contributed by atoms with van der Waals surface area (Å²) in [7, 11) is 2.94. The fourth-order valence-corrected chi connectivity index (χ4v) is 4.69. The van der Waals surface area contributed by atoms with Gasteiger partial charge in [0, 0.05) is 17.7 Å². The van der Waals surface area contributed by atoms with E-state index in [0.29, 0.717) is 58.0 Å². The standard InChI is InChI=1S/C30H35ClN4O12/c1-6-20(15-45-30(7-9-36,29(39)44-10-8-31)34-24(37)16-46-35(40)41)47-26-17(2)11-19(12-18(26)3)27-32-22-13-21(42-4)14-23(43-5)25(22)28(38)33-27/h9,11-14,20H,6-8,10,15-16H2,1-5H3,(H,34,37)(H,32,33,38). The van der Waals surface area contributed by atoms with Crippen molar-refractivity contribution < 1.29 is 48.0 Å². The van der Waals surface area contributed by atoms with Crippen molar-refractivity contribution in [2.45, 2.75) is 45.4 Å². The third-order valence-corrected chi connectivity index (χ3v) is 7.00. The van der Waals surface area contributed by atoms with Gasteiger partial charge in [0.15, 0.2) is 6.61 Å². The number of fused-ring (bicyclic) bond motifs is 1. The molecule has 0 saturated carbocycles. The molecule has 1 aromatic heterocycles. The Balaban J connectivity index is 1.89. The molecule has 0 radical (unpaired) electrons. The lowest BCUT2D eigenvalue weighted by Gasteiger charge is -2.32. The van der Waals surface area contributed by atoms with Crippen LogP contribution in [0.2, 0.25) is 0 Å². The molecule has 17 heteroatoms. The van der Waals surface area contributed by atoms with Gasteiger partial charge in [-0.05, 0) is 43.5 Å². The van der Waals surface area contributed by atoms with Gasteiger partial charge in [-0.15, -0.1) is 21.7 Å². The van der Waals surface area contributed by atoms with Crippen LogP contribution in [0.15, 0.2) is 29.1 Å². The summed E-state index contributed by atoms with van der Waals surface area (Å²) < 4.78 is 27.8. The molecule has 0 aliphatic heterocycles. The minimum atomic E-state index is -2.34. The van der Waals surface area contributed by atoms with Gasteiger partial charge in [-0.2, -0.15) is 0 Å². The number of carbonyl (C=O) groups excluding carboxylic acids is 3. The number of rotatable bonds is 18. The molecule has 0 spiro atoms. The van der Waals surface area contributed by atoms with Crippen LogP contribution in [-0.4, -0.2) is 85.0 Å². The van der Waals surface area contributed by atoms with E-state index in [0.717, 1.165) is 0 Å². The van der Waals surface area contributed by atoms with E-state index in [-0.39, 0.29) is 24.5 Å². The Morgan fingerprint density at radius 1 is 1.17 bits per heavy atom. The minimum absolute atomic E-state index is 0.0818. The van der Waals surface area contributed by atoms with Crippen LogP contribution in [0.1, 0.15) is 30.9 Å². The number of benzene rings is 2. The molecule has 2 N–H and O–H groups in total. The number of ether oxygens (including phenoxy) is 5. The van der Waals surface area contributed by atoms with Gasteiger partial charge < -0.3 is 43.6 Å². The molecule has 3 rings (SSSR count). The highest BCUT2D eigenvalue weighted by Crippen LogP contribution is 2.32. The van der Waals surface area contributed by atoms with Crippen molar-refractivity contribution in [1.29, 1.82) is 0 Å². The molecule has 1 amide bonds. The lowest BCUT2D eigenvalue weighted by atomic mass is 10.0. The number of halogens is 1. The maximum absolute atomic E-state index is 13.0. The minimum Gasteiger partial charge on any atom is -0.497 e. The molecule has 3 aromatic rings. The Bertz CT molecular complexity index is 1660. The molecule has 2 aromatic carbocycles. The van der Waals surface area contributed by atoms with Crippen LogP contribution < -0.4 is 25.1 Å². The van der Waals surface area contributed by atoms with E-state index in [4.69, 9.17) is 35.3 Å². The van der Waals surface area contributed by atoms with Crippen LogP contribution in [0.3, 0.4) is 0 Å². The lowest BCUT2D eigenvalue weighted by molar-refractivity contribution is -0.754. The van der Waals surface area contributed by atoms with Crippen LogP contribution in [-0.2, 0) is 28.7 Å². The van der Waals surface area contributed by atoms with E-state index in [1.165, 1.54) is 14.2 Å². The van der Waals surface area contributed by atoms with E-state index in [9.17, 15) is 29.3 Å². The molecule has 1 heterocycles. The molecule has 16 nitrogen and oxygen atoms in total. The zero-order valence-electron chi connectivity index (χ0n) is 26.4. The number of nitrogens with one attached hydrogen (secondary N) is 2. The molecule has 0 aliphatic carbocycles. The number of aldehydes is 1. The van der Waals surface area contributed by atoms with E-state index >= 15 is 0 Å². The fourth-order valence-electron chi connectivity index (χ4n) is 4.61. The van der Waals surface area contributed by atoms with Crippen molar-refractivity contribution in [3.8, 4) is 28.6 Å². The highest BCUT2D eigenvalue weighted by Gasteiger charge is 2.44. The number of hydrogen-bond acceptors (Lipinski definition) is 13. The largest absolute Gasteiger partial charge is 0.497 e. The predicted molar refractivity (Wildman–Crippen MR) is 167 cm³/mol. The third kappa shape index (κ3) is 9.07. The van der Waals surface area contributed by atoms with Gasteiger partial charge in [-0.1, -0.05) is 6.92 Å². The number of alkyl halides is 1. The molecule has 254 valence electrons. The number of hydrogen-bond donors (Lipinski definition) is 2. The second-order valence-electron chi connectivity index (χ2n) is 10.1. The highest BCUT2D eigenvalue weighted by atomic mass is 35.5. The number of amides is 1. The summed E-state index contributed by atoms with van der Waals surface area (Å²) in [4.78, 5) is 72.0. The zero-order chi connectivity index (χ0) is 34.7. The van der Waals surface area contributed by atoms with Gasteiger partial charge in [-0.3, -0.25) is 9.59 Å². The summed E-state index contributed by atoms with van der Waals surface area (Å²) in [6, 6.07) is 6.77. The van der Waals surface area contributed by atoms with Gasteiger partial charge in [0.25, 0.3) is 10.6 Å². The number of esters is 1. The van der Waals surface area contributed by atoms with Gasteiger partial charge in [-0.25, -0.2) is 9.78 Å². The Hall–Kier alpha value is -4.96. The predicted octanol–water partition coefficient (Wildman–Crippen LogP) is 2.79. The number of carbonyl (C=O) groups is 3. The molecule has 0 aliphatic rings. The van der Waals surface area contributed by atoms with E-state index in [1.54, 1.807) is 45.0 Å². The van der Waals surface area contributed by atoms with Crippen molar-refractivity contribution in [2.24, 2.45) is 0 Å². The van der Waals surface area contributed by atoms with Crippen LogP contribution in [0.4, 0.5) is 0 Å². The molecule has 2 unspecified atom stereocenters. The Kier molecular flexibility index (Phi) is 12.9. The van der Waals surface area contributed by atoms with Crippen molar-refractivity contribution in [2.75, 3.05) is 39.9 Å². The molecule has 47 heavy (non-hydrogen) atoms. The average Bonchev–Trinajstić information content (AvgIpc) is 3.04. The quantitative estimate of drug-likeness (QED) is 0.0496. The van der Waals surface area contributed by atoms with Crippen LogP contribution in [0.25, 0.3) is 22.3 Å². The maximum Gasteiger partial charge on any atom is 0.360 e. The molecular weight excluding hydrogens is 644 g/mol.